The minimum atomic E-state index is -1.67. The van der Waals surface area contributed by atoms with Gasteiger partial charge in [-0.15, -0.1) is 0 Å². The van der Waals surface area contributed by atoms with E-state index in [9.17, 15) is 0 Å². The van der Waals surface area contributed by atoms with Gasteiger partial charge in [-0.25, -0.2) is 0 Å². The zero-order valence-electron chi connectivity index (χ0n) is 6.71. The Kier molecular flexibility index (Phi) is 9.65. The van der Waals surface area contributed by atoms with Gasteiger partial charge in [-0.1, -0.05) is 0 Å². The molecule has 0 spiro atoms. The van der Waals surface area contributed by atoms with Crippen molar-refractivity contribution in [2.45, 2.75) is 24.4 Å². The third kappa shape index (κ3) is 5.06. The Morgan fingerprint density at radius 1 is 0.692 bits per heavy atom. The van der Waals surface area contributed by atoms with Gasteiger partial charge < -0.3 is 30.6 Å². The van der Waals surface area contributed by atoms with E-state index >= 15 is 0 Å². The van der Waals surface area contributed by atoms with Crippen molar-refractivity contribution in [3.63, 3.8) is 0 Å². The van der Waals surface area contributed by atoms with Gasteiger partial charge in [0.15, 0.2) is 0 Å². The molecule has 0 aliphatic rings. The Morgan fingerprint density at radius 3 is 1.08 bits per heavy atom. The SMILES string of the molecule is OC[C@@H](O)[C@@H](O)[C@H](O)[C@@H](O)CO.[Ag]. The largest absolute Gasteiger partial charge is 0.394 e. The topological polar surface area (TPSA) is 121 Å². The molecule has 0 aromatic heterocycles. The van der Waals surface area contributed by atoms with E-state index in [1.165, 1.54) is 0 Å². The van der Waals surface area contributed by atoms with Crippen LogP contribution in [0.15, 0.2) is 0 Å². The van der Waals surface area contributed by atoms with Crippen LogP contribution in [0.2, 0.25) is 0 Å². The van der Waals surface area contributed by atoms with E-state index in [0.717, 1.165) is 0 Å². The summed E-state index contributed by atoms with van der Waals surface area (Å²) in [7, 11) is 0. The van der Waals surface area contributed by atoms with Crippen LogP contribution in [-0.4, -0.2) is 68.3 Å². The predicted molar refractivity (Wildman–Crippen MR) is 38.2 cm³/mol. The number of hydrogen-bond donors (Lipinski definition) is 6. The van der Waals surface area contributed by atoms with Crippen molar-refractivity contribution in [3.05, 3.63) is 0 Å². The fourth-order valence-electron chi connectivity index (χ4n) is 0.671. The molecule has 0 heterocycles. The van der Waals surface area contributed by atoms with E-state index in [1.54, 1.807) is 0 Å². The molecule has 6 nitrogen and oxygen atoms in total. The van der Waals surface area contributed by atoms with Crippen LogP contribution in [0.3, 0.4) is 0 Å². The zero-order valence-corrected chi connectivity index (χ0v) is 8.19. The average molecular weight is 290 g/mol. The molecule has 0 aliphatic heterocycles. The Bertz CT molecular complexity index is 110. The molecule has 0 aromatic rings. The van der Waals surface area contributed by atoms with Crippen LogP contribution in [0.25, 0.3) is 0 Å². The standard InChI is InChI=1S/C6H14O6.Ag/c7-1-3(9)5(11)6(12)4(10)2-8;/h3-12H,1-2H2;/t3-,4+,5-,6-;/m1./s1. The van der Waals surface area contributed by atoms with E-state index in [1.807, 2.05) is 0 Å². The van der Waals surface area contributed by atoms with Gasteiger partial charge in [-0.3, -0.25) is 0 Å². The molecule has 0 bridgehead atoms. The Hall–Kier alpha value is 0.500. The summed E-state index contributed by atoms with van der Waals surface area (Å²) < 4.78 is 0. The second-order valence-corrected chi connectivity index (χ2v) is 2.48. The molecule has 13 heavy (non-hydrogen) atoms. The van der Waals surface area contributed by atoms with Crippen molar-refractivity contribution in [1.29, 1.82) is 0 Å². The van der Waals surface area contributed by atoms with Gasteiger partial charge in [0.2, 0.25) is 0 Å². The smallest absolute Gasteiger partial charge is 0.111 e. The molecule has 4 atom stereocenters. The first-order valence-electron chi connectivity index (χ1n) is 3.48. The average Bonchev–Trinajstić information content (AvgIpc) is 2.12. The van der Waals surface area contributed by atoms with Crippen LogP contribution >= 0.6 is 0 Å². The summed E-state index contributed by atoms with van der Waals surface area (Å²) in [6.45, 7) is -1.45. The third-order valence-electron chi connectivity index (χ3n) is 1.51. The molecule has 0 rings (SSSR count). The fourth-order valence-corrected chi connectivity index (χ4v) is 0.671. The quantitative estimate of drug-likeness (QED) is 0.291. The summed E-state index contributed by atoms with van der Waals surface area (Å²) in [5.41, 5.74) is 0. The molecule has 0 fully saturated rings. The summed E-state index contributed by atoms with van der Waals surface area (Å²) in [6.07, 6.45) is -6.39. The van der Waals surface area contributed by atoms with Crippen molar-refractivity contribution in [3.8, 4) is 0 Å². The fraction of sp³-hybridized carbons (Fsp3) is 1.00. The van der Waals surface area contributed by atoms with E-state index in [-0.39, 0.29) is 22.4 Å². The van der Waals surface area contributed by atoms with Crippen LogP contribution < -0.4 is 0 Å². The molecule has 6 N–H and O–H groups in total. The number of aliphatic hydroxyl groups is 6. The van der Waals surface area contributed by atoms with Crippen LogP contribution in [-0.2, 0) is 22.4 Å². The summed E-state index contributed by atoms with van der Waals surface area (Å²) in [6, 6.07) is 0. The maximum absolute atomic E-state index is 8.96. The number of rotatable bonds is 5. The molecule has 0 amide bonds. The van der Waals surface area contributed by atoms with Gasteiger partial charge in [0.25, 0.3) is 0 Å². The van der Waals surface area contributed by atoms with E-state index in [0.29, 0.717) is 0 Å². The normalized spacial score (nSPS) is 19.8. The summed E-state index contributed by atoms with van der Waals surface area (Å²) in [5.74, 6) is 0. The minimum Gasteiger partial charge on any atom is -0.394 e. The molecule has 85 valence electrons. The molecule has 0 saturated heterocycles. The van der Waals surface area contributed by atoms with Crippen molar-refractivity contribution < 1.29 is 53.0 Å². The van der Waals surface area contributed by atoms with Crippen LogP contribution in [0.5, 0.6) is 0 Å². The van der Waals surface area contributed by atoms with Gasteiger partial charge in [0, 0.05) is 22.4 Å². The maximum atomic E-state index is 8.96. The second-order valence-electron chi connectivity index (χ2n) is 2.48. The van der Waals surface area contributed by atoms with Crippen LogP contribution in [0.1, 0.15) is 0 Å². The Labute approximate surface area is 91.0 Å². The first-order chi connectivity index (χ1) is 5.54. The van der Waals surface area contributed by atoms with E-state index < -0.39 is 37.6 Å². The molecular weight excluding hydrogens is 276 g/mol. The molecule has 0 aliphatic carbocycles. The summed E-state index contributed by atoms with van der Waals surface area (Å²) >= 11 is 0. The molecule has 0 unspecified atom stereocenters. The van der Waals surface area contributed by atoms with Crippen LogP contribution in [0.4, 0.5) is 0 Å². The molecule has 1 radical (unpaired) electrons. The van der Waals surface area contributed by atoms with Crippen molar-refractivity contribution in [2.24, 2.45) is 0 Å². The van der Waals surface area contributed by atoms with Crippen LogP contribution in [0, 0.1) is 0 Å². The van der Waals surface area contributed by atoms with Gasteiger partial charge in [0.1, 0.15) is 24.4 Å². The molecule has 7 heteroatoms. The first kappa shape index (κ1) is 16.0. The van der Waals surface area contributed by atoms with Crippen molar-refractivity contribution >= 4 is 0 Å². The number of aliphatic hydroxyl groups excluding tert-OH is 6. The summed E-state index contributed by atoms with van der Waals surface area (Å²) in [5, 5.41) is 52.2. The monoisotopic (exact) mass is 289 g/mol. The zero-order chi connectivity index (χ0) is 9.72. The molecular formula is C6H14AgO6. The first-order valence-corrected chi connectivity index (χ1v) is 3.48. The van der Waals surface area contributed by atoms with Crippen molar-refractivity contribution in [2.75, 3.05) is 13.2 Å². The maximum Gasteiger partial charge on any atom is 0.111 e. The predicted octanol–water partition coefficient (Wildman–Crippen LogP) is -3.59. The number of hydrogen-bond acceptors (Lipinski definition) is 6. The third-order valence-corrected chi connectivity index (χ3v) is 1.51. The van der Waals surface area contributed by atoms with Gasteiger partial charge >= 0.3 is 0 Å². The second kappa shape index (κ2) is 7.86. The molecule has 0 saturated carbocycles. The summed E-state index contributed by atoms with van der Waals surface area (Å²) in [4.78, 5) is 0. The van der Waals surface area contributed by atoms with Gasteiger partial charge in [-0.2, -0.15) is 0 Å². The minimum absolute atomic E-state index is 0. The Balaban J connectivity index is 0. The van der Waals surface area contributed by atoms with Gasteiger partial charge in [0.05, 0.1) is 13.2 Å². The van der Waals surface area contributed by atoms with Crippen molar-refractivity contribution in [1.82, 2.24) is 0 Å². The Morgan fingerprint density at radius 2 is 0.923 bits per heavy atom. The van der Waals surface area contributed by atoms with E-state index in [4.69, 9.17) is 30.6 Å². The molecule has 0 aromatic carbocycles. The van der Waals surface area contributed by atoms with Gasteiger partial charge in [-0.05, 0) is 0 Å². The van der Waals surface area contributed by atoms with E-state index in [2.05, 4.69) is 0 Å².